The van der Waals surface area contributed by atoms with Gasteiger partial charge in [-0.05, 0) is 88.5 Å². The fourth-order valence-corrected chi connectivity index (χ4v) is 6.21. The normalized spacial score (nSPS) is 25.0. The van der Waals surface area contributed by atoms with Crippen LogP contribution >= 0.6 is 0 Å². The molecule has 0 spiro atoms. The summed E-state index contributed by atoms with van der Waals surface area (Å²) in [7, 11) is 0. The van der Waals surface area contributed by atoms with Gasteiger partial charge < -0.3 is 20.1 Å². The second-order valence-corrected chi connectivity index (χ2v) is 13.9. The summed E-state index contributed by atoms with van der Waals surface area (Å²) in [5.41, 5.74) is 0.0343. The molecular formula is C36H72O4. The molecule has 7 atom stereocenters. The van der Waals surface area contributed by atoms with Crippen molar-refractivity contribution < 1.29 is 20.1 Å². The maximum absolute atomic E-state index is 10.9. The molecule has 7 unspecified atom stereocenters. The van der Waals surface area contributed by atoms with E-state index in [1.807, 2.05) is 13.8 Å². The first-order chi connectivity index (χ1) is 18.4. The van der Waals surface area contributed by atoms with Crippen molar-refractivity contribution >= 4 is 0 Å². The third-order valence-electron chi connectivity index (χ3n) is 9.48. The summed E-state index contributed by atoms with van der Waals surface area (Å²) in [6.07, 6.45) is 21.2. The topological polar surface area (TPSA) is 69.9 Å². The summed E-state index contributed by atoms with van der Waals surface area (Å²) in [6, 6.07) is 0. The zero-order chi connectivity index (χ0) is 29.3. The number of aliphatic hydroxyl groups is 3. The Morgan fingerprint density at radius 2 is 1.27 bits per heavy atom. The molecule has 240 valence electrons. The molecule has 40 heavy (non-hydrogen) atoms. The third-order valence-corrected chi connectivity index (χ3v) is 9.48. The number of unbranched alkanes of at least 4 members (excludes halogenated alkanes) is 7. The molecule has 0 bridgehead atoms. The van der Waals surface area contributed by atoms with Crippen molar-refractivity contribution in [2.24, 2.45) is 17.8 Å². The Bertz CT molecular complexity index is 641. The van der Waals surface area contributed by atoms with Crippen molar-refractivity contribution in [2.75, 3.05) is 6.61 Å². The van der Waals surface area contributed by atoms with Gasteiger partial charge in [-0.25, -0.2) is 0 Å². The maximum Gasteiger partial charge on any atom is 0.0815 e. The minimum absolute atomic E-state index is 0. The van der Waals surface area contributed by atoms with Crippen LogP contribution in [0.15, 0.2) is 11.6 Å². The van der Waals surface area contributed by atoms with Gasteiger partial charge in [0.25, 0.3) is 0 Å². The van der Waals surface area contributed by atoms with E-state index < -0.39 is 11.2 Å². The minimum Gasteiger partial charge on any atom is -0.390 e. The monoisotopic (exact) mass is 569 g/mol. The Morgan fingerprint density at radius 3 is 1.90 bits per heavy atom. The number of aliphatic hydroxyl groups excluding tert-OH is 1. The van der Waals surface area contributed by atoms with Crippen molar-refractivity contribution in [3.05, 3.63) is 11.6 Å². The zero-order valence-corrected chi connectivity index (χ0v) is 27.1. The molecule has 0 fully saturated rings. The second-order valence-electron chi connectivity index (χ2n) is 13.9. The zero-order valence-electron chi connectivity index (χ0n) is 27.1. The SMILES string of the molecule is C.CCCCCCCCOC1C(CCC(C)CCCC(C)(O)CCCC(C)(O)CCCCC)=CC(O)C(C)C1C. The lowest BCUT2D eigenvalue weighted by atomic mass is 9.76. The molecule has 1 rings (SSSR count). The van der Waals surface area contributed by atoms with Crippen molar-refractivity contribution in [3.63, 3.8) is 0 Å². The van der Waals surface area contributed by atoms with E-state index in [-0.39, 0.29) is 25.6 Å². The second kappa shape index (κ2) is 21.3. The third kappa shape index (κ3) is 16.9. The Hall–Kier alpha value is -0.420. The first kappa shape index (κ1) is 39.6. The summed E-state index contributed by atoms with van der Waals surface area (Å²) in [4.78, 5) is 0. The molecule has 0 aliphatic heterocycles. The van der Waals surface area contributed by atoms with Crippen LogP contribution in [0.1, 0.15) is 171 Å². The molecule has 0 radical (unpaired) electrons. The molecule has 0 saturated heterocycles. The van der Waals surface area contributed by atoms with Crippen LogP contribution in [0.4, 0.5) is 0 Å². The highest BCUT2D eigenvalue weighted by Gasteiger charge is 2.34. The lowest BCUT2D eigenvalue weighted by Gasteiger charge is -2.38. The standard InChI is InChI=1S/C35H68O4.CH4/c1-8-10-12-13-14-16-26-39-33-30(5)29(4)32(36)27-31(33)21-20-28(3)19-17-23-35(7,38)25-18-24-34(6,37)22-15-11-9-2;/h27-30,32-33,36-38H,8-26H2,1-7H3;1H4. The molecule has 0 aromatic carbocycles. The highest BCUT2D eigenvalue weighted by Crippen LogP contribution is 2.35. The highest BCUT2D eigenvalue weighted by atomic mass is 16.5. The van der Waals surface area contributed by atoms with Gasteiger partial charge in [0.2, 0.25) is 0 Å². The Morgan fingerprint density at radius 1 is 0.750 bits per heavy atom. The Kier molecular flexibility index (Phi) is 21.1. The van der Waals surface area contributed by atoms with Crippen molar-refractivity contribution in [2.45, 2.75) is 195 Å². The largest absolute Gasteiger partial charge is 0.390 e. The van der Waals surface area contributed by atoms with E-state index >= 15 is 0 Å². The molecule has 0 saturated carbocycles. The van der Waals surface area contributed by atoms with E-state index in [1.165, 1.54) is 50.5 Å². The molecule has 0 aromatic rings. The minimum atomic E-state index is -0.656. The van der Waals surface area contributed by atoms with Crippen LogP contribution in [0.2, 0.25) is 0 Å². The van der Waals surface area contributed by atoms with Gasteiger partial charge in [-0.2, -0.15) is 0 Å². The van der Waals surface area contributed by atoms with E-state index in [1.54, 1.807) is 0 Å². The fourth-order valence-electron chi connectivity index (χ4n) is 6.21. The number of hydrogen-bond acceptors (Lipinski definition) is 4. The quantitative estimate of drug-likeness (QED) is 0.0847. The van der Waals surface area contributed by atoms with Gasteiger partial charge in [-0.1, -0.05) is 112 Å². The number of ether oxygens (including phenoxy) is 1. The van der Waals surface area contributed by atoms with Crippen molar-refractivity contribution in [1.82, 2.24) is 0 Å². The van der Waals surface area contributed by atoms with Crippen LogP contribution in [-0.4, -0.2) is 45.3 Å². The van der Waals surface area contributed by atoms with E-state index in [0.29, 0.717) is 11.8 Å². The van der Waals surface area contributed by atoms with Crippen LogP contribution < -0.4 is 0 Å². The van der Waals surface area contributed by atoms with Crippen LogP contribution in [0, 0.1) is 17.8 Å². The van der Waals surface area contributed by atoms with Gasteiger partial charge in [0.1, 0.15) is 0 Å². The van der Waals surface area contributed by atoms with Gasteiger partial charge in [0, 0.05) is 6.61 Å². The summed E-state index contributed by atoms with van der Waals surface area (Å²) in [5.74, 6) is 1.13. The van der Waals surface area contributed by atoms with Crippen LogP contribution in [-0.2, 0) is 4.74 Å². The average Bonchev–Trinajstić information content (AvgIpc) is 2.86. The summed E-state index contributed by atoms with van der Waals surface area (Å²) >= 11 is 0. The van der Waals surface area contributed by atoms with Crippen LogP contribution in [0.25, 0.3) is 0 Å². The maximum atomic E-state index is 10.9. The lowest BCUT2D eigenvalue weighted by molar-refractivity contribution is -0.0127. The molecule has 3 N–H and O–H groups in total. The van der Waals surface area contributed by atoms with E-state index in [2.05, 4.69) is 40.7 Å². The number of rotatable bonds is 23. The first-order valence-electron chi connectivity index (χ1n) is 16.9. The molecule has 4 nitrogen and oxygen atoms in total. The van der Waals surface area contributed by atoms with Gasteiger partial charge in [0.05, 0.1) is 23.4 Å². The molecule has 1 aliphatic carbocycles. The fraction of sp³-hybridized carbons (Fsp3) is 0.944. The Balaban J connectivity index is 0.0000152. The smallest absolute Gasteiger partial charge is 0.0815 e. The van der Waals surface area contributed by atoms with Crippen molar-refractivity contribution in [1.29, 1.82) is 0 Å². The van der Waals surface area contributed by atoms with Gasteiger partial charge in [-0.15, -0.1) is 0 Å². The molecule has 4 heteroatoms. The summed E-state index contributed by atoms with van der Waals surface area (Å²) in [6.45, 7) is 15.9. The number of hydrogen-bond donors (Lipinski definition) is 3. The predicted molar refractivity (Wildman–Crippen MR) is 174 cm³/mol. The van der Waals surface area contributed by atoms with E-state index in [0.717, 1.165) is 77.2 Å². The van der Waals surface area contributed by atoms with Crippen LogP contribution in [0.5, 0.6) is 0 Å². The van der Waals surface area contributed by atoms with Gasteiger partial charge in [-0.3, -0.25) is 0 Å². The van der Waals surface area contributed by atoms with E-state index in [9.17, 15) is 15.3 Å². The van der Waals surface area contributed by atoms with E-state index in [4.69, 9.17) is 4.74 Å². The molecule has 0 aromatic heterocycles. The van der Waals surface area contributed by atoms with Gasteiger partial charge in [0.15, 0.2) is 0 Å². The van der Waals surface area contributed by atoms with Crippen molar-refractivity contribution in [3.8, 4) is 0 Å². The lowest BCUT2D eigenvalue weighted by Crippen LogP contribution is -2.39. The molecule has 0 heterocycles. The highest BCUT2D eigenvalue weighted by molar-refractivity contribution is 5.18. The molecule has 0 amide bonds. The van der Waals surface area contributed by atoms with Gasteiger partial charge >= 0.3 is 0 Å². The summed E-state index contributed by atoms with van der Waals surface area (Å²) < 4.78 is 6.45. The van der Waals surface area contributed by atoms with Crippen LogP contribution in [0.3, 0.4) is 0 Å². The average molecular weight is 569 g/mol. The Labute approximate surface area is 250 Å². The summed E-state index contributed by atoms with van der Waals surface area (Å²) in [5, 5.41) is 32.2. The molecular weight excluding hydrogens is 496 g/mol. The molecule has 1 aliphatic rings. The predicted octanol–water partition coefficient (Wildman–Crippen LogP) is 9.78. The first-order valence-corrected chi connectivity index (χ1v) is 16.9.